The van der Waals surface area contributed by atoms with Crippen LogP contribution in [0.5, 0.6) is 0 Å². The van der Waals surface area contributed by atoms with Crippen molar-refractivity contribution in [1.82, 2.24) is 14.9 Å². The maximum atomic E-state index is 4.37. The van der Waals surface area contributed by atoms with E-state index in [0.29, 0.717) is 10.7 Å². The lowest BCUT2D eigenvalue weighted by atomic mass is 10.1. The topological polar surface area (TPSA) is 29.0 Å². The van der Waals surface area contributed by atoms with Crippen molar-refractivity contribution in [2.24, 2.45) is 0 Å². The van der Waals surface area contributed by atoms with Crippen molar-refractivity contribution in [1.29, 1.82) is 0 Å². The van der Waals surface area contributed by atoms with Gasteiger partial charge in [0.15, 0.2) is 4.73 Å². The molecule has 0 N–H and O–H groups in total. The molecule has 0 saturated carbocycles. The van der Waals surface area contributed by atoms with Gasteiger partial charge in [-0.05, 0) is 42.0 Å². The zero-order valence-corrected chi connectivity index (χ0v) is 9.16. The first kappa shape index (κ1) is 9.09. The Morgan fingerprint density at radius 2 is 2.46 bits per heavy atom. The normalized spacial score (nSPS) is 23.7. The highest BCUT2D eigenvalue weighted by atomic mass is 79.9. The largest absolute Gasteiger partial charge is 0.306 e. The van der Waals surface area contributed by atoms with Crippen molar-refractivity contribution in [3.8, 4) is 0 Å². The molecule has 3 nitrogen and oxygen atoms in total. The molecular formula is C9H12BrN3. The second-order valence-corrected chi connectivity index (χ2v) is 4.21. The van der Waals surface area contributed by atoms with E-state index >= 15 is 0 Å². The van der Waals surface area contributed by atoms with E-state index in [4.69, 9.17) is 0 Å². The van der Waals surface area contributed by atoms with Crippen LogP contribution < -0.4 is 0 Å². The lowest BCUT2D eigenvalue weighted by molar-refractivity contribution is 0.410. The molecule has 0 bridgehead atoms. The van der Waals surface area contributed by atoms with Crippen LogP contribution >= 0.6 is 15.9 Å². The minimum atomic E-state index is 0.587. The highest BCUT2D eigenvalue weighted by Crippen LogP contribution is 2.24. The summed E-state index contributed by atoms with van der Waals surface area (Å²) in [4.78, 5) is 10.7. The maximum absolute atomic E-state index is 4.37. The summed E-state index contributed by atoms with van der Waals surface area (Å²) in [6.45, 7) is 2.29. The Labute approximate surface area is 86.3 Å². The molecule has 0 radical (unpaired) electrons. The van der Waals surface area contributed by atoms with Crippen LogP contribution in [0.3, 0.4) is 0 Å². The molecule has 0 spiro atoms. The summed E-state index contributed by atoms with van der Waals surface area (Å²) >= 11 is 3.29. The summed E-state index contributed by atoms with van der Waals surface area (Å²) in [5, 5.41) is 0. The first-order valence-electron chi connectivity index (χ1n) is 4.42. The molecule has 70 valence electrons. The van der Waals surface area contributed by atoms with Crippen LogP contribution in [0, 0.1) is 0 Å². The Balaban J connectivity index is 2.16. The number of rotatable bonds is 1. The molecule has 2 heterocycles. The summed E-state index contributed by atoms with van der Waals surface area (Å²) < 4.78 is 0.694. The minimum Gasteiger partial charge on any atom is -0.306 e. The van der Waals surface area contributed by atoms with E-state index in [2.05, 4.69) is 37.8 Å². The lowest BCUT2D eigenvalue weighted by Gasteiger charge is -2.09. The Morgan fingerprint density at radius 1 is 1.62 bits per heavy atom. The fourth-order valence-electron chi connectivity index (χ4n) is 1.75. The van der Waals surface area contributed by atoms with E-state index in [-0.39, 0.29) is 0 Å². The molecule has 1 aliphatic heterocycles. The number of halogens is 1. The smallest absolute Gasteiger partial charge is 0.196 e. The molecular weight excluding hydrogens is 230 g/mol. The number of nitrogens with zero attached hydrogens (tertiary/aromatic N) is 3. The van der Waals surface area contributed by atoms with Gasteiger partial charge < -0.3 is 4.90 Å². The standard InChI is InChI=1S/C9H12BrN3/c1-13-5-3-7(6-13)8-2-4-11-9(10)12-8/h2,4,7H,3,5-6H2,1H3. The van der Waals surface area contributed by atoms with Crippen LogP contribution in [0.15, 0.2) is 17.0 Å². The molecule has 13 heavy (non-hydrogen) atoms. The number of aromatic nitrogens is 2. The Bertz CT molecular complexity index is 303. The molecule has 4 heteroatoms. The first-order chi connectivity index (χ1) is 6.25. The molecule has 2 rings (SSSR count). The van der Waals surface area contributed by atoms with Crippen LogP contribution in [-0.4, -0.2) is 35.0 Å². The summed E-state index contributed by atoms with van der Waals surface area (Å²) in [5.41, 5.74) is 1.16. The maximum Gasteiger partial charge on any atom is 0.196 e. The number of likely N-dealkylation sites (tertiary alicyclic amines) is 1. The van der Waals surface area contributed by atoms with Crippen LogP contribution in [0.2, 0.25) is 0 Å². The summed E-state index contributed by atoms with van der Waals surface area (Å²) in [7, 11) is 2.15. The molecule has 0 aliphatic carbocycles. The highest BCUT2D eigenvalue weighted by Gasteiger charge is 2.22. The summed E-state index contributed by atoms with van der Waals surface area (Å²) in [6, 6.07) is 2.01. The summed E-state index contributed by atoms with van der Waals surface area (Å²) in [5.74, 6) is 0.587. The quantitative estimate of drug-likeness (QED) is 0.701. The van der Waals surface area contributed by atoms with E-state index in [1.54, 1.807) is 0 Å². The van der Waals surface area contributed by atoms with Gasteiger partial charge in [0, 0.05) is 24.4 Å². The van der Waals surface area contributed by atoms with Crippen LogP contribution in [-0.2, 0) is 0 Å². The molecule has 1 saturated heterocycles. The predicted octanol–water partition coefficient (Wildman–Crippen LogP) is 1.66. The van der Waals surface area contributed by atoms with Crippen molar-refractivity contribution in [3.63, 3.8) is 0 Å². The van der Waals surface area contributed by atoms with Crippen molar-refractivity contribution in [3.05, 3.63) is 22.7 Å². The second-order valence-electron chi connectivity index (χ2n) is 3.50. The molecule has 1 unspecified atom stereocenters. The van der Waals surface area contributed by atoms with Crippen LogP contribution in [0.1, 0.15) is 18.0 Å². The fourth-order valence-corrected chi connectivity index (χ4v) is 2.07. The molecule has 1 atom stereocenters. The zero-order chi connectivity index (χ0) is 9.26. The van der Waals surface area contributed by atoms with Crippen molar-refractivity contribution in [2.45, 2.75) is 12.3 Å². The lowest BCUT2D eigenvalue weighted by Crippen LogP contribution is -2.13. The van der Waals surface area contributed by atoms with Crippen LogP contribution in [0.25, 0.3) is 0 Å². The zero-order valence-electron chi connectivity index (χ0n) is 7.57. The second kappa shape index (κ2) is 3.72. The van der Waals surface area contributed by atoms with E-state index in [0.717, 1.165) is 12.2 Å². The van der Waals surface area contributed by atoms with Crippen LogP contribution in [0.4, 0.5) is 0 Å². The first-order valence-corrected chi connectivity index (χ1v) is 5.22. The van der Waals surface area contributed by atoms with E-state index in [9.17, 15) is 0 Å². The third-order valence-electron chi connectivity index (χ3n) is 2.46. The van der Waals surface area contributed by atoms with Crippen molar-refractivity contribution >= 4 is 15.9 Å². The number of likely N-dealkylation sites (N-methyl/N-ethyl adjacent to an activating group) is 1. The van der Waals surface area contributed by atoms with Gasteiger partial charge in [-0.3, -0.25) is 0 Å². The molecule has 1 fully saturated rings. The number of hydrogen-bond acceptors (Lipinski definition) is 3. The van der Waals surface area contributed by atoms with Crippen molar-refractivity contribution in [2.75, 3.05) is 20.1 Å². The van der Waals surface area contributed by atoms with Gasteiger partial charge in [-0.1, -0.05) is 0 Å². The minimum absolute atomic E-state index is 0.587. The average Bonchev–Trinajstić information content (AvgIpc) is 2.52. The van der Waals surface area contributed by atoms with Gasteiger partial charge in [-0.2, -0.15) is 0 Å². The van der Waals surface area contributed by atoms with Gasteiger partial charge in [0.2, 0.25) is 0 Å². The van der Waals surface area contributed by atoms with E-state index < -0.39 is 0 Å². The molecule has 1 aliphatic rings. The third kappa shape index (κ3) is 2.06. The van der Waals surface area contributed by atoms with Gasteiger partial charge >= 0.3 is 0 Å². The molecule has 0 aromatic carbocycles. The summed E-state index contributed by atoms with van der Waals surface area (Å²) in [6.07, 6.45) is 3.02. The van der Waals surface area contributed by atoms with Crippen molar-refractivity contribution < 1.29 is 0 Å². The van der Waals surface area contributed by atoms with Gasteiger partial charge in [0.1, 0.15) is 0 Å². The van der Waals surface area contributed by atoms with E-state index in [1.807, 2.05) is 12.3 Å². The Morgan fingerprint density at radius 3 is 3.08 bits per heavy atom. The fraction of sp³-hybridized carbons (Fsp3) is 0.556. The van der Waals surface area contributed by atoms with Gasteiger partial charge in [-0.25, -0.2) is 9.97 Å². The third-order valence-corrected chi connectivity index (χ3v) is 2.84. The monoisotopic (exact) mass is 241 g/mol. The Hall–Kier alpha value is -0.480. The van der Waals surface area contributed by atoms with Gasteiger partial charge in [-0.15, -0.1) is 0 Å². The SMILES string of the molecule is CN1CCC(c2ccnc(Br)n2)C1. The number of hydrogen-bond donors (Lipinski definition) is 0. The average molecular weight is 242 g/mol. The molecule has 0 amide bonds. The van der Waals surface area contributed by atoms with Gasteiger partial charge in [0.05, 0.1) is 0 Å². The van der Waals surface area contributed by atoms with E-state index in [1.165, 1.54) is 13.0 Å². The van der Waals surface area contributed by atoms with Gasteiger partial charge in [0.25, 0.3) is 0 Å². The Kier molecular flexibility index (Phi) is 2.60. The molecule has 1 aromatic rings. The highest BCUT2D eigenvalue weighted by molar-refractivity contribution is 9.10. The molecule has 1 aromatic heterocycles. The predicted molar refractivity (Wildman–Crippen MR) is 54.6 cm³/mol.